The zero-order valence-corrected chi connectivity index (χ0v) is 16.5. The topological polar surface area (TPSA) is 139 Å². The van der Waals surface area contributed by atoms with Crippen molar-refractivity contribution in [3.05, 3.63) is 39.9 Å². The Labute approximate surface area is 163 Å². The number of benzene rings is 1. The van der Waals surface area contributed by atoms with Crippen LogP contribution in [0.2, 0.25) is 0 Å². The van der Waals surface area contributed by atoms with E-state index >= 15 is 0 Å². The van der Waals surface area contributed by atoms with Gasteiger partial charge in [-0.3, -0.25) is 19.7 Å². The van der Waals surface area contributed by atoms with Gasteiger partial charge in [0.1, 0.15) is 12.1 Å². The van der Waals surface area contributed by atoms with Gasteiger partial charge in [0.15, 0.2) is 0 Å². The van der Waals surface area contributed by atoms with Crippen molar-refractivity contribution in [1.29, 1.82) is 0 Å². The molecule has 0 saturated carbocycles. The molecular formula is C19H27N3O6. The second kappa shape index (κ2) is 10.4. The molecule has 9 heteroatoms. The number of carbonyl (C=O) groups is 3. The minimum absolute atomic E-state index is 0.0691. The highest BCUT2D eigenvalue weighted by Crippen LogP contribution is 2.13. The number of aliphatic carboxylic acids is 1. The summed E-state index contributed by atoms with van der Waals surface area (Å²) in [5.74, 6) is -2.13. The minimum atomic E-state index is -1.13. The molecule has 1 aromatic carbocycles. The van der Waals surface area contributed by atoms with Crippen LogP contribution in [0.25, 0.3) is 0 Å². The van der Waals surface area contributed by atoms with Crippen LogP contribution in [0.5, 0.6) is 0 Å². The van der Waals surface area contributed by atoms with Crippen LogP contribution in [0.15, 0.2) is 24.3 Å². The third-order valence-electron chi connectivity index (χ3n) is 3.99. The highest BCUT2D eigenvalue weighted by molar-refractivity contribution is 5.98. The average Bonchev–Trinajstić information content (AvgIpc) is 2.59. The Morgan fingerprint density at radius 1 is 0.964 bits per heavy atom. The number of carboxylic acids is 1. The molecule has 154 valence electrons. The van der Waals surface area contributed by atoms with E-state index in [4.69, 9.17) is 0 Å². The molecule has 0 spiro atoms. The molecule has 0 aliphatic carbocycles. The van der Waals surface area contributed by atoms with Crippen molar-refractivity contribution in [2.24, 2.45) is 11.8 Å². The summed E-state index contributed by atoms with van der Waals surface area (Å²) in [7, 11) is 0. The van der Waals surface area contributed by atoms with Crippen LogP contribution in [-0.4, -0.2) is 39.9 Å². The predicted molar refractivity (Wildman–Crippen MR) is 103 cm³/mol. The summed E-state index contributed by atoms with van der Waals surface area (Å²) >= 11 is 0. The Hall–Kier alpha value is -2.97. The third-order valence-corrected chi connectivity index (χ3v) is 3.99. The predicted octanol–water partition coefficient (Wildman–Crippen LogP) is 2.35. The second-order valence-corrected chi connectivity index (χ2v) is 7.49. The van der Waals surface area contributed by atoms with E-state index in [-0.39, 0.29) is 29.5 Å². The summed E-state index contributed by atoms with van der Waals surface area (Å²) in [5, 5.41) is 25.1. The van der Waals surface area contributed by atoms with E-state index in [1.54, 1.807) is 0 Å². The van der Waals surface area contributed by atoms with Crippen molar-refractivity contribution < 1.29 is 24.4 Å². The standard InChI is InChI=1S/C19H27N3O6/c1-11(2)9-15(18(24)21-16(19(25)26)10-12(3)4)20-17(23)13-5-7-14(8-6-13)22(27)28/h5-8,11-12,15-16H,9-10H2,1-4H3,(H,20,23)(H,21,24)(H,25,26). The molecule has 0 aromatic heterocycles. The number of nitrogens with one attached hydrogen (secondary N) is 2. The van der Waals surface area contributed by atoms with E-state index in [9.17, 15) is 29.6 Å². The molecule has 1 rings (SSSR count). The summed E-state index contributed by atoms with van der Waals surface area (Å²) in [6.07, 6.45) is 0.588. The maximum absolute atomic E-state index is 12.6. The number of nitro groups is 1. The average molecular weight is 393 g/mol. The molecular weight excluding hydrogens is 366 g/mol. The normalized spacial score (nSPS) is 13.1. The van der Waals surface area contributed by atoms with Crippen LogP contribution in [0.4, 0.5) is 5.69 Å². The molecule has 28 heavy (non-hydrogen) atoms. The number of nitrogens with zero attached hydrogens (tertiary/aromatic N) is 1. The summed E-state index contributed by atoms with van der Waals surface area (Å²) in [5.41, 5.74) is 0.0233. The molecule has 1 aromatic rings. The molecule has 0 aliphatic rings. The van der Waals surface area contributed by atoms with Crippen LogP contribution in [-0.2, 0) is 9.59 Å². The summed E-state index contributed by atoms with van der Waals surface area (Å²) in [6.45, 7) is 7.45. The first kappa shape index (κ1) is 23.1. The molecule has 2 unspecified atom stereocenters. The van der Waals surface area contributed by atoms with Crippen molar-refractivity contribution in [1.82, 2.24) is 10.6 Å². The Balaban J connectivity index is 2.91. The van der Waals surface area contributed by atoms with Gasteiger partial charge >= 0.3 is 5.97 Å². The highest BCUT2D eigenvalue weighted by atomic mass is 16.6. The van der Waals surface area contributed by atoms with Crippen LogP contribution < -0.4 is 10.6 Å². The van der Waals surface area contributed by atoms with Gasteiger partial charge in [0, 0.05) is 17.7 Å². The van der Waals surface area contributed by atoms with E-state index in [1.807, 2.05) is 27.7 Å². The first-order chi connectivity index (χ1) is 13.0. The molecule has 0 radical (unpaired) electrons. The number of rotatable bonds is 10. The summed E-state index contributed by atoms with van der Waals surface area (Å²) < 4.78 is 0. The number of amides is 2. The van der Waals surface area contributed by atoms with Gasteiger partial charge in [-0.05, 0) is 36.8 Å². The fourth-order valence-corrected chi connectivity index (χ4v) is 2.64. The first-order valence-electron chi connectivity index (χ1n) is 9.09. The van der Waals surface area contributed by atoms with Gasteiger partial charge in [-0.15, -0.1) is 0 Å². The lowest BCUT2D eigenvalue weighted by atomic mass is 10.00. The van der Waals surface area contributed by atoms with E-state index in [2.05, 4.69) is 10.6 Å². The highest BCUT2D eigenvalue weighted by Gasteiger charge is 2.28. The van der Waals surface area contributed by atoms with Crippen LogP contribution >= 0.6 is 0 Å². The van der Waals surface area contributed by atoms with Gasteiger partial charge in [-0.1, -0.05) is 27.7 Å². The number of carboxylic acid groups (broad SMARTS) is 1. The van der Waals surface area contributed by atoms with E-state index in [0.29, 0.717) is 6.42 Å². The van der Waals surface area contributed by atoms with Gasteiger partial charge in [-0.25, -0.2) is 4.79 Å². The lowest BCUT2D eigenvalue weighted by molar-refractivity contribution is -0.384. The van der Waals surface area contributed by atoms with Gasteiger partial charge in [-0.2, -0.15) is 0 Å². The fourth-order valence-electron chi connectivity index (χ4n) is 2.64. The molecule has 0 aliphatic heterocycles. The Morgan fingerprint density at radius 2 is 1.46 bits per heavy atom. The van der Waals surface area contributed by atoms with Gasteiger partial charge in [0.25, 0.3) is 11.6 Å². The molecule has 0 heterocycles. The van der Waals surface area contributed by atoms with Gasteiger partial charge in [0.2, 0.25) is 5.91 Å². The van der Waals surface area contributed by atoms with E-state index in [0.717, 1.165) is 0 Å². The van der Waals surface area contributed by atoms with Crippen LogP contribution in [0, 0.1) is 22.0 Å². The Bertz CT molecular complexity index is 715. The number of hydrogen-bond donors (Lipinski definition) is 3. The first-order valence-corrected chi connectivity index (χ1v) is 9.09. The zero-order valence-electron chi connectivity index (χ0n) is 16.5. The Morgan fingerprint density at radius 3 is 1.89 bits per heavy atom. The second-order valence-electron chi connectivity index (χ2n) is 7.49. The van der Waals surface area contributed by atoms with E-state index in [1.165, 1.54) is 24.3 Å². The molecule has 0 saturated heterocycles. The largest absolute Gasteiger partial charge is 0.480 e. The summed E-state index contributed by atoms with van der Waals surface area (Å²) in [4.78, 5) is 46.6. The smallest absolute Gasteiger partial charge is 0.326 e. The third kappa shape index (κ3) is 7.34. The van der Waals surface area contributed by atoms with Crippen molar-refractivity contribution in [3.63, 3.8) is 0 Å². The number of carbonyl (C=O) groups excluding carboxylic acids is 2. The SMILES string of the molecule is CC(C)CC(NC(=O)C(CC(C)C)NC(=O)c1ccc([N+](=O)[O-])cc1)C(=O)O. The molecule has 9 nitrogen and oxygen atoms in total. The van der Waals surface area contributed by atoms with Crippen LogP contribution in [0.1, 0.15) is 50.9 Å². The number of non-ortho nitro benzene ring substituents is 1. The minimum Gasteiger partial charge on any atom is -0.480 e. The summed E-state index contributed by atoms with van der Waals surface area (Å²) in [6, 6.07) is 3.05. The van der Waals surface area contributed by atoms with Crippen molar-refractivity contribution in [3.8, 4) is 0 Å². The van der Waals surface area contributed by atoms with Crippen molar-refractivity contribution in [2.45, 2.75) is 52.6 Å². The van der Waals surface area contributed by atoms with Gasteiger partial charge in [0.05, 0.1) is 4.92 Å². The monoisotopic (exact) mass is 393 g/mol. The quantitative estimate of drug-likeness (QED) is 0.412. The van der Waals surface area contributed by atoms with Gasteiger partial charge < -0.3 is 15.7 Å². The number of hydrogen-bond acceptors (Lipinski definition) is 5. The molecule has 2 atom stereocenters. The number of nitro benzene ring substituents is 1. The molecule has 0 bridgehead atoms. The molecule has 0 fully saturated rings. The lowest BCUT2D eigenvalue weighted by Gasteiger charge is -2.23. The van der Waals surface area contributed by atoms with E-state index < -0.39 is 34.8 Å². The zero-order chi connectivity index (χ0) is 21.4. The Kier molecular flexibility index (Phi) is 8.56. The van der Waals surface area contributed by atoms with Crippen molar-refractivity contribution in [2.75, 3.05) is 0 Å². The fraction of sp³-hybridized carbons (Fsp3) is 0.526. The maximum atomic E-state index is 12.6. The van der Waals surface area contributed by atoms with Crippen LogP contribution in [0.3, 0.4) is 0 Å². The van der Waals surface area contributed by atoms with Crippen molar-refractivity contribution >= 4 is 23.5 Å². The maximum Gasteiger partial charge on any atom is 0.326 e. The molecule has 2 amide bonds. The molecule has 3 N–H and O–H groups in total. The lowest BCUT2D eigenvalue weighted by Crippen LogP contribution is -2.52.